The van der Waals surface area contributed by atoms with Crippen molar-refractivity contribution in [2.24, 2.45) is 0 Å². The van der Waals surface area contributed by atoms with Crippen LogP contribution in [0, 0.1) is 0 Å². The molecule has 0 rings (SSSR count). The Bertz CT molecular complexity index is 318. The minimum Gasteiger partial charge on any atom is -0.462 e. The summed E-state index contributed by atoms with van der Waals surface area (Å²) in [5.41, 5.74) is 2.03. The van der Waals surface area contributed by atoms with Crippen molar-refractivity contribution in [2.45, 2.75) is 111 Å². The fourth-order valence-corrected chi connectivity index (χ4v) is 2.69. The van der Waals surface area contributed by atoms with Crippen molar-refractivity contribution in [1.29, 1.82) is 0 Å². The number of carbonyl (C=O) groups excluding carboxylic acids is 1. The third-order valence-electron chi connectivity index (χ3n) is 4.58. The average Bonchev–Trinajstić information content (AvgIpc) is 2.56. The molecule has 0 radical (unpaired) electrons. The fraction of sp³-hybridized carbons (Fsp3) is 0.857. The van der Waals surface area contributed by atoms with Gasteiger partial charge in [-0.1, -0.05) is 83.6 Å². The molecular formula is C21H40O2. The molecule has 0 spiro atoms. The maximum atomic E-state index is 12.0. The number of allylic oxidation sites excluding steroid dienone is 1. The van der Waals surface area contributed by atoms with E-state index in [4.69, 9.17) is 4.74 Å². The molecule has 0 unspecified atom stereocenters. The van der Waals surface area contributed by atoms with Gasteiger partial charge in [0.1, 0.15) is 0 Å². The van der Waals surface area contributed by atoms with Gasteiger partial charge in [0.05, 0.1) is 6.61 Å². The molecule has 0 saturated carbocycles. The predicted octanol–water partition coefficient (Wildman–Crippen LogP) is 6.98. The highest BCUT2D eigenvalue weighted by Crippen LogP contribution is 2.16. The number of hydrogen-bond donors (Lipinski definition) is 0. The third kappa shape index (κ3) is 13.4. The van der Waals surface area contributed by atoms with Gasteiger partial charge in [-0.25, -0.2) is 4.79 Å². The summed E-state index contributed by atoms with van der Waals surface area (Å²) < 4.78 is 5.39. The van der Waals surface area contributed by atoms with Crippen LogP contribution in [0.4, 0.5) is 0 Å². The Hall–Kier alpha value is -0.790. The van der Waals surface area contributed by atoms with E-state index in [0.29, 0.717) is 6.61 Å². The highest BCUT2D eigenvalue weighted by Gasteiger charge is 2.09. The second-order valence-electron chi connectivity index (χ2n) is 6.83. The minimum absolute atomic E-state index is 0.109. The zero-order chi connectivity index (χ0) is 17.3. The van der Waals surface area contributed by atoms with Gasteiger partial charge in [0.25, 0.3) is 0 Å². The summed E-state index contributed by atoms with van der Waals surface area (Å²) in [6.45, 7) is 9.04. The Kier molecular flexibility index (Phi) is 15.5. The van der Waals surface area contributed by atoms with E-state index in [0.717, 1.165) is 18.4 Å². The van der Waals surface area contributed by atoms with Gasteiger partial charge in [-0.15, -0.1) is 0 Å². The first kappa shape index (κ1) is 22.2. The topological polar surface area (TPSA) is 26.3 Å². The van der Waals surface area contributed by atoms with Crippen molar-refractivity contribution >= 4 is 5.97 Å². The fourth-order valence-electron chi connectivity index (χ4n) is 2.69. The van der Waals surface area contributed by atoms with Crippen LogP contribution in [-0.4, -0.2) is 12.6 Å². The zero-order valence-corrected chi connectivity index (χ0v) is 16.2. The first-order chi connectivity index (χ1) is 11.1. The summed E-state index contributed by atoms with van der Waals surface area (Å²) in [6, 6.07) is 0. The number of unbranched alkanes of at least 4 members (excludes halogenated alkanes) is 10. The molecule has 2 heteroatoms. The van der Waals surface area contributed by atoms with Crippen LogP contribution >= 0.6 is 0 Å². The Balaban J connectivity index is 3.74. The lowest BCUT2D eigenvalue weighted by molar-refractivity contribution is -0.139. The van der Waals surface area contributed by atoms with Crippen LogP contribution < -0.4 is 0 Å². The lowest BCUT2D eigenvalue weighted by atomic mass is 10.0. The highest BCUT2D eigenvalue weighted by atomic mass is 16.5. The van der Waals surface area contributed by atoms with Crippen LogP contribution in [0.2, 0.25) is 0 Å². The van der Waals surface area contributed by atoms with Gasteiger partial charge in [0.2, 0.25) is 0 Å². The zero-order valence-electron chi connectivity index (χ0n) is 16.2. The summed E-state index contributed by atoms with van der Waals surface area (Å²) in [4.78, 5) is 12.0. The van der Waals surface area contributed by atoms with Crippen LogP contribution in [0.3, 0.4) is 0 Å². The second kappa shape index (κ2) is 16.1. The molecule has 0 heterocycles. The van der Waals surface area contributed by atoms with Gasteiger partial charge in [0, 0.05) is 5.57 Å². The molecule has 0 saturated heterocycles. The number of hydrogen-bond acceptors (Lipinski definition) is 2. The van der Waals surface area contributed by atoms with E-state index >= 15 is 0 Å². The standard InChI is InChI=1S/C21H40O2/c1-5-7-9-11-13-15-17-19(3)20(4)21(22)23-18-16-14-12-10-8-6-2/h5-18H2,1-4H3. The largest absolute Gasteiger partial charge is 0.462 e. The van der Waals surface area contributed by atoms with Crippen LogP contribution in [0.1, 0.15) is 111 Å². The lowest BCUT2D eigenvalue weighted by Crippen LogP contribution is -2.08. The van der Waals surface area contributed by atoms with Crippen molar-refractivity contribution in [3.05, 3.63) is 11.1 Å². The van der Waals surface area contributed by atoms with Crippen molar-refractivity contribution in [1.82, 2.24) is 0 Å². The van der Waals surface area contributed by atoms with Crippen molar-refractivity contribution in [3.63, 3.8) is 0 Å². The molecule has 0 aliphatic rings. The molecule has 0 fully saturated rings. The Labute approximate surface area is 145 Å². The normalized spacial score (nSPS) is 12.2. The van der Waals surface area contributed by atoms with Crippen molar-refractivity contribution in [3.8, 4) is 0 Å². The Morgan fingerprint density at radius 3 is 1.74 bits per heavy atom. The molecule has 0 aromatic carbocycles. The van der Waals surface area contributed by atoms with E-state index in [1.54, 1.807) is 0 Å². The van der Waals surface area contributed by atoms with E-state index in [9.17, 15) is 4.79 Å². The van der Waals surface area contributed by atoms with E-state index in [2.05, 4.69) is 20.8 Å². The molecule has 136 valence electrons. The van der Waals surface area contributed by atoms with Crippen molar-refractivity contribution in [2.75, 3.05) is 6.61 Å². The van der Waals surface area contributed by atoms with Crippen molar-refractivity contribution < 1.29 is 9.53 Å². The lowest BCUT2D eigenvalue weighted by Gasteiger charge is -2.09. The molecule has 2 nitrogen and oxygen atoms in total. The summed E-state index contributed by atoms with van der Waals surface area (Å²) >= 11 is 0. The SMILES string of the molecule is CCCCCCCCOC(=O)C(C)=C(C)CCCCCCCC. The molecule has 23 heavy (non-hydrogen) atoms. The smallest absolute Gasteiger partial charge is 0.333 e. The summed E-state index contributed by atoms with van der Waals surface area (Å²) in [5, 5.41) is 0. The summed E-state index contributed by atoms with van der Waals surface area (Å²) in [7, 11) is 0. The second-order valence-corrected chi connectivity index (χ2v) is 6.83. The van der Waals surface area contributed by atoms with Gasteiger partial charge in [-0.3, -0.25) is 0 Å². The molecule has 0 N–H and O–H groups in total. The monoisotopic (exact) mass is 324 g/mol. The molecule has 0 aliphatic heterocycles. The minimum atomic E-state index is -0.109. The molecule has 0 atom stereocenters. The molecule has 0 aromatic rings. The first-order valence-electron chi connectivity index (χ1n) is 9.96. The molecule has 0 bridgehead atoms. The number of rotatable bonds is 15. The maximum absolute atomic E-state index is 12.0. The van der Waals surface area contributed by atoms with Crippen LogP contribution in [-0.2, 0) is 9.53 Å². The van der Waals surface area contributed by atoms with Gasteiger partial charge in [0.15, 0.2) is 0 Å². The van der Waals surface area contributed by atoms with Gasteiger partial charge >= 0.3 is 5.97 Å². The van der Waals surface area contributed by atoms with Crippen LogP contribution in [0.25, 0.3) is 0 Å². The van der Waals surface area contributed by atoms with E-state index in [1.807, 2.05) is 6.92 Å². The average molecular weight is 325 g/mol. The molecular weight excluding hydrogens is 284 g/mol. The predicted molar refractivity (Wildman–Crippen MR) is 101 cm³/mol. The third-order valence-corrected chi connectivity index (χ3v) is 4.58. The number of esters is 1. The van der Waals surface area contributed by atoms with Crippen LogP contribution in [0.15, 0.2) is 11.1 Å². The van der Waals surface area contributed by atoms with Gasteiger partial charge < -0.3 is 4.74 Å². The number of ether oxygens (including phenoxy) is 1. The van der Waals surface area contributed by atoms with Gasteiger partial charge in [-0.05, 0) is 33.1 Å². The molecule has 0 amide bonds. The quantitative estimate of drug-likeness (QED) is 0.184. The summed E-state index contributed by atoms with van der Waals surface area (Å²) in [6.07, 6.45) is 16.1. The van der Waals surface area contributed by atoms with Crippen LogP contribution in [0.5, 0.6) is 0 Å². The first-order valence-corrected chi connectivity index (χ1v) is 9.96. The van der Waals surface area contributed by atoms with Gasteiger partial charge in [-0.2, -0.15) is 0 Å². The van der Waals surface area contributed by atoms with E-state index < -0.39 is 0 Å². The van der Waals surface area contributed by atoms with E-state index in [1.165, 1.54) is 76.2 Å². The maximum Gasteiger partial charge on any atom is 0.333 e. The number of carbonyl (C=O) groups is 1. The molecule has 0 aliphatic carbocycles. The summed E-state index contributed by atoms with van der Waals surface area (Å²) in [5.74, 6) is -0.109. The highest BCUT2D eigenvalue weighted by molar-refractivity contribution is 5.88. The Morgan fingerprint density at radius 2 is 1.17 bits per heavy atom. The molecule has 0 aromatic heterocycles. The van der Waals surface area contributed by atoms with E-state index in [-0.39, 0.29) is 5.97 Å². The Morgan fingerprint density at radius 1 is 0.696 bits per heavy atom.